The maximum absolute atomic E-state index is 12.9. The summed E-state index contributed by atoms with van der Waals surface area (Å²) >= 11 is 0. The molecule has 0 radical (unpaired) electrons. The number of aromatic amines is 1. The number of hydrogen-bond acceptors (Lipinski definition) is 5. The van der Waals surface area contributed by atoms with Crippen LogP contribution in [0.2, 0.25) is 0 Å². The number of fused-ring (bicyclic) bond motifs is 1. The number of anilines is 2. The van der Waals surface area contributed by atoms with E-state index in [9.17, 15) is 9.59 Å². The monoisotopic (exact) mass is 434 g/mol. The Morgan fingerprint density at radius 3 is 2.56 bits per heavy atom. The molecule has 1 unspecified atom stereocenters. The van der Waals surface area contributed by atoms with Crippen molar-refractivity contribution in [2.45, 2.75) is 45.6 Å². The first-order valence-electron chi connectivity index (χ1n) is 11.2. The van der Waals surface area contributed by atoms with Gasteiger partial charge in [-0.2, -0.15) is 4.98 Å². The highest BCUT2D eigenvalue weighted by Crippen LogP contribution is 2.18. The number of nitrogens with zero attached hydrogens (tertiary/aromatic N) is 3. The Morgan fingerprint density at radius 1 is 1.06 bits per heavy atom. The third-order valence-corrected chi connectivity index (χ3v) is 5.80. The van der Waals surface area contributed by atoms with E-state index >= 15 is 0 Å². The van der Waals surface area contributed by atoms with E-state index in [0.29, 0.717) is 11.9 Å². The average Bonchev–Trinajstić information content (AvgIpc) is 3.26. The van der Waals surface area contributed by atoms with Crippen LogP contribution in [0.3, 0.4) is 0 Å². The molecule has 2 heterocycles. The molecule has 3 aromatic rings. The molecule has 1 fully saturated rings. The molecule has 2 aromatic carbocycles. The molecule has 1 aliphatic heterocycles. The van der Waals surface area contributed by atoms with Gasteiger partial charge in [-0.1, -0.05) is 56.3 Å². The van der Waals surface area contributed by atoms with Gasteiger partial charge in [0.25, 0.3) is 0 Å². The van der Waals surface area contributed by atoms with Crippen LogP contribution in [0.5, 0.6) is 0 Å². The zero-order chi connectivity index (χ0) is 22.5. The summed E-state index contributed by atoms with van der Waals surface area (Å²) in [7, 11) is 0. The molecule has 0 bridgehead atoms. The van der Waals surface area contributed by atoms with Crippen LogP contribution >= 0.6 is 0 Å². The van der Waals surface area contributed by atoms with Crippen molar-refractivity contribution in [1.29, 1.82) is 0 Å². The molecule has 1 atom stereocenters. The van der Waals surface area contributed by atoms with Gasteiger partial charge in [0.1, 0.15) is 6.04 Å². The fraction of sp³-hybridized carbons (Fsp3) is 0.417. The zero-order valence-corrected chi connectivity index (χ0v) is 18.6. The summed E-state index contributed by atoms with van der Waals surface area (Å²) in [6, 6.07) is 13.3. The highest BCUT2D eigenvalue weighted by molar-refractivity contribution is 5.96. The van der Waals surface area contributed by atoms with E-state index in [0.717, 1.165) is 42.3 Å². The Hall–Kier alpha value is -3.42. The lowest BCUT2D eigenvalue weighted by Crippen LogP contribution is -2.47. The predicted octanol–water partition coefficient (Wildman–Crippen LogP) is 3.27. The van der Waals surface area contributed by atoms with Crippen LogP contribution in [-0.2, 0) is 16.0 Å². The van der Waals surface area contributed by atoms with Crippen LogP contribution < -0.4 is 15.5 Å². The Balaban J connectivity index is 1.37. The fourth-order valence-corrected chi connectivity index (χ4v) is 4.03. The molecule has 8 nitrogen and oxygen atoms in total. The highest BCUT2D eigenvalue weighted by atomic mass is 16.2. The third kappa shape index (κ3) is 5.25. The second kappa shape index (κ2) is 9.80. The van der Waals surface area contributed by atoms with Crippen LogP contribution in [0.15, 0.2) is 42.5 Å². The number of piperidine rings is 1. The molecule has 0 spiro atoms. The number of aromatic nitrogens is 3. The van der Waals surface area contributed by atoms with Gasteiger partial charge in [-0.15, -0.1) is 5.10 Å². The van der Waals surface area contributed by atoms with Crippen molar-refractivity contribution in [3.8, 4) is 0 Å². The van der Waals surface area contributed by atoms with Crippen molar-refractivity contribution >= 4 is 34.5 Å². The largest absolute Gasteiger partial charge is 0.344 e. The molecule has 1 aliphatic rings. The van der Waals surface area contributed by atoms with E-state index in [2.05, 4.69) is 30.7 Å². The van der Waals surface area contributed by atoms with E-state index in [-0.39, 0.29) is 24.2 Å². The van der Waals surface area contributed by atoms with Gasteiger partial charge in [0.15, 0.2) is 0 Å². The number of amides is 2. The number of benzene rings is 2. The molecule has 0 aliphatic carbocycles. The standard InChI is InChI=1S/C24H30N6O2/c1-16(2)21(22(32)26-23-27-24(29-28-23)30-12-6-3-7-13-30)25-20(31)15-17-10-11-18-8-4-5-9-19(18)14-17/h4-5,8-11,14,16,21H,3,6-7,12-13,15H2,1-2H3,(H,25,31)(H2,26,27,28,29,32). The molecule has 32 heavy (non-hydrogen) atoms. The van der Waals surface area contributed by atoms with Crippen molar-refractivity contribution in [1.82, 2.24) is 20.5 Å². The quantitative estimate of drug-likeness (QED) is 0.530. The molecule has 1 aromatic heterocycles. The summed E-state index contributed by atoms with van der Waals surface area (Å²) in [5.41, 5.74) is 0.908. The second-order valence-corrected chi connectivity index (χ2v) is 8.67. The average molecular weight is 435 g/mol. The van der Waals surface area contributed by atoms with E-state index in [1.165, 1.54) is 6.42 Å². The number of rotatable bonds is 7. The Bertz CT molecular complexity index is 1090. The molecule has 168 valence electrons. The van der Waals surface area contributed by atoms with Gasteiger partial charge in [-0.3, -0.25) is 14.9 Å². The predicted molar refractivity (Wildman–Crippen MR) is 125 cm³/mol. The number of hydrogen-bond donors (Lipinski definition) is 3. The number of nitrogens with one attached hydrogen (secondary N) is 3. The number of carbonyl (C=O) groups is 2. The summed E-state index contributed by atoms with van der Waals surface area (Å²) in [5, 5.41) is 14.9. The molecule has 1 saturated heterocycles. The first-order chi connectivity index (χ1) is 15.5. The molecule has 8 heteroatoms. The van der Waals surface area contributed by atoms with E-state index in [4.69, 9.17) is 0 Å². The first kappa shape index (κ1) is 21.8. The van der Waals surface area contributed by atoms with Gasteiger partial charge < -0.3 is 10.2 Å². The smallest absolute Gasteiger partial charge is 0.249 e. The summed E-state index contributed by atoms with van der Waals surface area (Å²) in [6.07, 6.45) is 3.67. The SMILES string of the molecule is CC(C)C(NC(=O)Cc1ccc2ccccc2c1)C(=O)Nc1nc(N2CCCCC2)n[nH]1. The van der Waals surface area contributed by atoms with Gasteiger partial charge in [0.2, 0.25) is 23.7 Å². The summed E-state index contributed by atoms with van der Waals surface area (Å²) < 4.78 is 0. The summed E-state index contributed by atoms with van der Waals surface area (Å²) in [5.74, 6) is 0.306. The minimum atomic E-state index is -0.675. The maximum atomic E-state index is 12.9. The van der Waals surface area contributed by atoms with Crippen LogP contribution in [0.4, 0.5) is 11.9 Å². The van der Waals surface area contributed by atoms with Gasteiger partial charge in [-0.05, 0) is 41.5 Å². The van der Waals surface area contributed by atoms with Crippen molar-refractivity contribution in [3.05, 3.63) is 48.0 Å². The van der Waals surface area contributed by atoms with Crippen LogP contribution in [0.1, 0.15) is 38.7 Å². The lowest BCUT2D eigenvalue weighted by molar-refractivity contribution is -0.127. The minimum Gasteiger partial charge on any atom is -0.344 e. The normalized spacial score (nSPS) is 15.0. The summed E-state index contributed by atoms with van der Waals surface area (Å²) in [4.78, 5) is 32.1. The van der Waals surface area contributed by atoms with Crippen molar-refractivity contribution in [2.75, 3.05) is 23.3 Å². The van der Waals surface area contributed by atoms with Crippen LogP contribution in [0, 0.1) is 5.92 Å². The highest BCUT2D eigenvalue weighted by Gasteiger charge is 2.25. The van der Waals surface area contributed by atoms with Gasteiger partial charge in [0, 0.05) is 13.1 Å². The fourth-order valence-electron chi connectivity index (χ4n) is 4.03. The molecular formula is C24H30N6O2. The number of carbonyl (C=O) groups excluding carboxylic acids is 2. The topological polar surface area (TPSA) is 103 Å². The number of H-pyrrole nitrogens is 1. The lowest BCUT2D eigenvalue weighted by Gasteiger charge is -2.24. The van der Waals surface area contributed by atoms with Crippen molar-refractivity contribution < 1.29 is 9.59 Å². The maximum Gasteiger partial charge on any atom is 0.249 e. The second-order valence-electron chi connectivity index (χ2n) is 8.67. The zero-order valence-electron chi connectivity index (χ0n) is 18.6. The van der Waals surface area contributed by atoms with E-state index < -0.39 is 6.04 Å². The molecule has 4 rings (SSSR count). The van der Waals surface area contributed by atoms with Crippen LogP contribution in [-0.4, -0.2) is 46.1 Å². The molecule has 0 saturated carbocycles. The summed E-state index contributed by atoms with van der Waals surface area (Å²) in [6.45, 7) is 5.65. The Morgan fingerprint density at radius 2 is 1.81 bits per heavy atom. The van der Waals surface area contributed by atoms with Crippen molar-refractivity contribution in [3.63, 3.8) is 0 Å². The third-order valence-electron chi connectivity index (χ3n) is 5.80. The lowest BCUT2D eigenvalue weighted by atomic mass is 10.0. The molecule has 3 N–H and O–H groups in total. The first-order valence-corrected chi connectivity index (χ1v) is 11.2. The van der Waals surface area contributed by atoms with Gasteiger partial charge in [0.05, 0.1) is 6.42 Å². The molecule has 2 amide bonds. The minimum absolute atomic E-state index is 0.0833. The van der Waals surface area contributed by atoms with E-state index in [1.54, 1.807) is 0 Å². The Labute approximate surface area is 187 Å². The van der Waals surface area contributed by atoms with Gasteiger partial charge in [-0.25, -0.2) is 5.10 Å². The molecular weight excluding hydrogens is 404 g/mol. The van der Waals surface area contributed by atoms with Crippen molar-refractivity contribution in [2.24, 2.45) is 5.92 Å². The Kier molecular flexibility index (Phi) is 6.68. The van der Waals surface area contributed by atoms with Crippen LogP contribution in [0.25, 0.3) is 10.8 Å². The van der Waals surface area contributed by atoms with Gasteiger partial charge >= 0.3 is 0 Å². The van der Waals surface area contributed by atoms with E-state index in [1.807, 2.05) is 56.3 Å².